The van der Waals surface area contributed by atoms with Gasteiger partial charge in [0.05, 0.1) is 5.38 Å². The molecular weight excluding hydrogens is 228 g/mol. The lowest BCUT2D eigenvalue weighted by molar-refractivity contribution is 0.699. The van der Waals surface area contributed by atoms with E-state index in [0.717, 1.165) is 12.3 Å². The molecule has 0 spiro atoms. The number of hydrogen-bond donors (Lipinski definition) is 0. The summed E-state index contributed by atoms with van der Waals surface area (Å²) in [4.78, 5) is 0. The van der Waals surface area contributed by atoms with Gasteiger partial charge in [-0.05, 0) is 80.3 Å². The highest BCUT2D eigenvalue weighted by molar-refractivity contribution is 6.21. The van der Waals surface area contributed by atoms with E-state index in [2.05, 4.69) is 34.6 Å². The molecule has 0 amide bonds. The normalized spacial score (nSPS) is 17.3. The number of halogens is 1. The Hall–Kier alpha value is -0.490. The molecule has 94 valence electrons. The largest absolute Gasteiger partial charge is 0.118 e. The van der Waals surface area contributed by atoms with Crippen molar-refractivity contribution < 1.29 is 0 Å². The van der Waals surface area contributed by atoms with Crippen molar-refractivity contribution in [2.75, 3.05) is 0 Å². The zero-order chi connectivity index (χ0) is 12.7. The van der Waals surface area contributed by atoms with Crippen LogP contribution in [0.2, 0.25) is 0 Å². The van der Waals surface area contributed by atoms with Crippen LogP contribution in [0, 0.1) is 40.5 Å². The van der Waals surface area contributed by atoms with Crippen molar-refractivity contribution in [3.05, 3.63) is 33.4 Å². The Balaban J connectivity index is 2.44. The van der Waals surface area contributed by atoms with E-state index in [0.29, 0.717) is 0 Å². The molecule has 0 bridgehead atoms. The maximum absolute atomic E-state index is 6.65. The van der Waals surface area contributed by atoms with E-state index in [9.17, 15) is 0 Å². The van der Waals surface area contributed by atoms with Crippen LogP contribution in [-0.2, 0) is 0 Å². The quantitative estimate of drug-likeness (QED) is 0.638. The van der Waals surface area contributed by atoms with Crippen LogP contribution < -0.4 is 0 Å². The second-order valence-electron chi connectivity index (χ2n) is 5.69. The molecule has 1 fully saturated rings. The maximum atomic E-state index is 6.65. The minimum absolute atomic E-state index is 0.209. The number of benzene rings is 1. The van der Waals surface area contributed by atoms with Crippen LogP contribution in [0.25, 0.3) is 0 Å². The summed E-state index contributed by atoms with van der Waals surface area (Å²) in [6, 6.07) is 0. The van der Waals surface area contributed by atoms with Crippen molar-refractivity contribution in [1.29, 1.82) is 0 Å². The van der Waals surface area contributed by atoms with E-state index in [-0.39, 0.29) is 5.38 Å². The third-order valence-corrected chi connectivity index (χ3v) is 5.00. The van der Waals surface area contributed by atoms with Crippen LogP contribution >= 0.6 is 11.6 Å². The van der Waals surface area contributed by atoms with Crippen molar-refractivity contribution >= 4 is 11.6 Å². The first kappa shape index (κ1) is 13.0. The molecule has 1 heteroatoms. The van der Waals surface area contributed by atoms with Crippen LogP contribution in [0.1, 0.15) is 58.0 Å². The standard InChI is InChI=1S/C16H23Cl/c1-9-10(2)12(4)16(13(5)11(9)3)15(17)8-14-6-7-14/h14-15H,6-8H2,1-5H3. The van der Waals surface area contributed by atoms with Crippen LogP contribution in [0.3, 0.4) is 0 Å². The van der Waals surface area contributed by atoms with E-state index >= 15 is 0 Å². The first-order valence-corrected chi connectivity index (χ1v) is 7.08. The monoisotopic (exact) mass is 250 g/mol. The summed E-state index contributed by atoms with van der Waals surface area (Å²) in [5, 5.41) is 0.209. The summed E-state index contributed by atoms with van der Waals surface area (Å²) in [6.45, 7) is 11.1. The van der Waals surface area contributed by atoms with Crippen molar-refractivity contribution in [1.82, 2.24) is 0 Å². The summed E-state index contributed by atoms with van der Waals surface area (Å²) < 4.78 is 0. The molecule has 0 radical (unpaired) electrons. The molecular formula is C16H23Cl. The van der Waals surface area contributed by atoms with Gasteiger partial charge in [-0.2, -0.15) is 0 Å². The number of rotatable bonds is 3. The van der Waals surface area contributed by atoms with E-state index in [1.807, 2.05) is 0 Å². The first-order valence-electron chi connectivity index (χ1n) is 6.64. The molecule has 2 rings (SSSR count). The molecule has 0 N–H and O–H groups in total. The Morgan fingerprint density at radius 1 is 0.882 bits per heavy atom. The van der Waals surface area contributed by atoms with Crippen LogP contribution in [0.15, 0.2) is 0 Å². The fourth-order valence-corrected chi connectivity index (χ4v) is 3.34. The average Bonchev–Trinajstić information content (AvgIpc) is 3.08. The van der Waals surface area contributed by atoms with Gasteiger partial charge in [0.25, 0.3) is 0 Å². The lowest BCUT2D eigenvalue weighted by Crippen LogP contribution is -2.05. The highest BCUT2D eigenvalue weighted by Gasteiger charge is 2.27. The van der Waals surface area contributed by atoms with Crippen molar-refractivity contribution in [2.45, 2.75) is 59.3 Å². The van der Waals surface area contributed by atoms with Gasteiger partial charge in [-0.1, -0.05) is 12.8 Å². The fourth-order valence-electron chi connectivity index (χ4n) is 2.76. The van der Waals surface area contributed by atoms with Gasteiger partial charge in [0.15, 0.2) is 0 Å². The third kappa shape index (κ3) is 2.38. The number of alkyl halides is 1. The minimum atomic E-state index is 0.209. The molecule has 1 atom stereocenters. The highest BCUT2D eigenvalue weighted by atomic mass is 35.5. The predicted molar refractivity (Wildman–Crippen MR) is 76.1 cm³/mol. The molecule has 1 aromatic carbocycles. The Labute approximate surface area is 110 Å². The molecule has 0 aromatic heterocycles. The molecule has 17 heavy (non-hydrogen) atoms. The molecule has 1 aliphatic rings. The lowest BCUT2D eigenvalue weighted by atomic mass is 9.87. The van der Waals surface area contributed by atoms with E-state index in [1.54, 1.807) is 0 Å². The second-order valence-corrected chi connectivity index (χ2v) is 6.21. The summed E-state index contributed by atoms with van der Waals surface area (Å²) >= 11 is 6.65. The molecule has 0 saturated heterocycles. The third-order valence-electron chi connectivity index (χ3n) is 4.61. The topological polar surface area (TPSA) is 0 Å². The predicted octanol–water partition coefficient (Wildman–Crippen LogP) is 5.31. The SMILES string of the molecule is Cc1c(C)c(C)c(C(Cl)CC2CC2)c(C)c1C. The zero-order valence-electron chi connectivity index (χ0n) is 11.7. The van der Waals surface area contributed by atoms with Gasteiger partial charge in [-0.25, -0.2) is 0 Å². The smallest absolute Gasteiger partial charge is 0.0593 e. The fraction of sp³-hybridized carbons (Fsp3) is 0.625. The minimum Gasteiger partial charge on any atom is -0.118 e. The second kappa shape index (κ2) is 4.65. The van der Waals surface area contributed by atoms with Crippen molar-refractivity contribution in [2.24, 2.45) is 5.92 Å². The molecule has 0 nitrogen and oxygen atoms in total. The Morgan fingerprint density at radius 3 is 1.71 bits per heavy atom. The summed E-state index contributed by atoms with van der Waals surface area (Å²) in [7, 11) is 0. The maximum Gasteiger partial charge on any atom is 0.0593 e. The molecule has 0 heterocycles. The molecule has 1 unspecified atom stereocenters. The Kier molecular flexibility index (Phi) is 3.54. The molecule has 1 saturated carbocycles. The van der Waals surface area contributed by atoms with Gasteiger partial charge < -0.3 is 0 Å². The van der Waals surface area contributed by atoms with Crippen LogP contribution in [0.4, 0.5) is 0 Å². The first-order chi connectivity index (χ1) is 7.93. The van der Waals surface area contributed by atoms with Gasteiger partial charge in [0.1, 0.15) is 0 Å². The summed E-state index contributed by atoms with van der Waals surface area (Å²) in [5.74, 6) is 0.887. The van der Waals surface area contributed by atoms with Gasteiger partial charge in [0, 0.05) is 0 Å². The van der Waals surface area contributed by atoms with Gasteiger partial charge in [0.2, 0.25) is 0 Å². The van der Waals surface area contributed by atoms with E-state index < -0.39 is 0 Å². The highest BCUT2D eigenvalue weighted by Crippen LogP contribution is 2.43. The summed E-state index contributed by atoms with van der Waals surface area (Å²) in [5.41, 5.74) is 8.49. The van der Waals surface area contributed by atoms with Crippen LogP contribution in [0.5, 0.6) is 0 Å². The Bertz CT molecular complexity index is 412. The number of hydrogen-bond acceptors (Lipinski definition) is 0. The van der Waals surface area contributed by atoms with Gasteiger partial charge in [-0.3, -0.25) is 0 Å². The molecule has 0 aliphatic heterocycles. The van der Waals surface area contributed by atoms with E-state index in [4.69, 9.17) is 11.6 Å². The van der Waals surface area contributed by atoms with Crippen molar-refractivity contribution in [3.63, 3.8) is 0 Å². The molecule has 1 aliphatic carbocycles. The Morgan fingerprint density at radius 2 is 1.29 bits per heavy atom. The average molecular weight is 251 g/mol. The van der Waals surface area contributed by atoms with Gasteiger partial charge in [-0.15, -0.1) is 11.6 Å². The van der Waals surface area contributed by atoms with Gasteiger partial charge >= 0.3 is 0 Å². The summed E-state index contributed by atoms with van der Waals surface area (Å²) in [6.07, 6.45) is 3.92. The van der Waals surface area contributed by atoms with Crippen molar-refractivity contribution in [3.8, 4) is 0 Å². The van der Waals surface area contributed by atoms with E-state index in [1.165, 1.54) is 46.2 Å². The molecule has 1 aromatic rings. The van der Waals surface area contributed by atoms with Crippen LogP contribution in [-0.4, -0.2) is 0 Å². The lowest BCUT2D eigenvalue weighted by Gasteiger charge is -2.22. The zero-order valence-corrected chi connectivity index (χ0v) is 12.4.